The molecule has 19 heavy (non-hydrogen) atoms. The number of nitrogens with one attached hydrogen (secondary N) is 3. The second-order valence-electron chi connectivity index (χ2n) is 3.48. The third-order valence-corrected chi connectivity index (χ3v) is 2.11. The van der Waals surface area contributed by atoms with E-state index in [1.165, 1.54) is 0 Å². The Bertz CT molecular complexity index is 474. The van der Waals surface area contributed by atoms with Crippen molar-refractivity contribution in [2.75, 3.05) is 13.1 Å². The predicted molar refractivity (Wildman–Crippen MR) is 76.6 cm³/mol. The highest BCUT2D eigenvalue weighted by molar-refractivity contribution is 6.18. The van der Waals surface area contributed by atoms with Crippen LogP contribution in [0.4, 0.5) is 4.79 Å². The number of hydrogen-bond acceptors (Lipinski definition) is 6. The minimum atomic E-state index is -0.698. The molecule has 0 spiro atoms. The fraction of sp³-hybridized carbons (Fsp3) is 0.200. The maximum absolute atomic E-state index is 10.5. The third kappa shape index (κ3) is 4.80. The second-order valence-corrected chi connectivity index (χ2v) is 3.48. The van der Waals surface area contributed by atoms with Crippen LogP contribution in [-0.4, -0.2) is 36.5 Å². The lowest BCUT2D eigenvalue weighted by Gasteiger charge is -2.04. The van der Waals surface area contributed by atoms with Crippen LogP contribution in [0.15, 0.2) is 39.5 Å². The quantitative estimate of drug-likeness (QED) is 0.403. The van der Waals surface area contributed by atoms with Crippen LogP contribution in [0, 0.1) is 0 Å². The van der Waals surface area contributed by atoms with E-state index >= 15 is 0 Å². The SMILES string of the molecule is Cl.NC(=O)NN=C1C=CC(=NNC2=NCCN2)C=C1. The van der Waals surface area contributed by atoms with Gasteiger partial charge in [-0.05, 0) is 24.3 Å². The fourth-order valence-corrected chi connectivity index (χ4v) is 1.31. The molecular weight excluding hydrogens is 270 g/mol. The molecule has 0 aromatic rings. The maximum atomic E-state index is 10.5. The fourth-order valence-electron chi connectivity index (χ4n) is 1.31. The van der Waals surface area contributed by atoms with Gasteiger partial charge in [-0.1, -0.05) is 0 Å². The molecule has 0 fully saturated rings. The molecule has 0 aromatic carbocycles. The Hall–Kier alpha value is -2.35. The number of guanidine groups is 1. The first-order chi connectivity index (χ1) is 8.74. The molecule has 2 rings (SSSR count). The highest BCUT2D eigenvalue weighted by Crippen LogP contribution is 1.96. The van der Waals surface area contributed by atoms with Crippen LogP contribution in [0.1, 0.15) is 0 Å². The molecule has 0 bridgehead atoms. The maximum Gasteiger partial charge on any atom is 0.332 e. The number of hydrogen-bond donors (Lipinski definition) is 4. The molecule has 9 heteroatoms. The van der Waals surface area contributed by atoms with E-state index in [0.717, 1.165) is 18.8 Å². The van der Waals surface area contributed by atoms with Crippen LogP contribution in [0.2, 0.25) is 0 Å². The Morgan fingerprint density at radius 1 is 1.26 bits per heavy atom. The molecule has 0 saturated heterocycles. The summed E-state index contributed by atoms with van der Waals surface area (Å²) in [6.07, 6.45) is 6.93. The molecule has 0 unspecified atom stereocenters. The van der Waals surface area contributed by atoms with E-state index in [2.05, 4.69) is 31.4 Å². The van der Waals surface area contributed by atoms with Gasteiger partial charge in [-0.2, -0.15) is 10.2 Å². The smallest absolute Gasteiger partial charge is 0.332 e. The third-order valence-electron chi connectivity index (χ3n) is 2.11. The summed E-state index contributed by atoms with van der Waals surface area (Å²) in [5, 5.41) is 10.9. The van der Waals surface area contributed by atoms with Crippen LogP contribution in [0.5, 0.6) is 0 Å². The zero-order valence-corrected chi connectivity index (χ0v) is 10.8. The van der Waals surface area contributed by atoms with Gasteiger partial charge in [-0.3, -0.25) is 0 Å². The number of carbonyl (C=O) groups excluding carboxylic acids is 1. The monoisotopic (exact) mass is 283 g/mol. The first-order valence-electron chi connectivity index (χ1n) is 5.35. The van der Waals surface area contributed by atoms with E-state index in [9.17, 15) is 4.79 Å². The molecule has 0 saturated carbocycles. The van der Waals surface area contributed by atoms with Gasteiger partial charge >= 0.3 is 6.03 Å². The van der Waals surface area contributed by atoms with Crippen molar-refractivity contribution in [2.45, 2.75) is 0 Å². The highest BCUT2D eigenvalue weighted by atomic mass is 35.5. The normalized spacial score (nSPS) is 16.1. The van der Waals surface area contributed by atoms with Gasteiger partial charge in [0.15, 0.2) is 0 Å². The zero-order chi connectivity index (χ0) is 12.8. The minimum absolute atomic E-state index is 0. The van der Waals surface area contributed by atoms with Crippen LogP contribution in [0.25, 0.3) is 0 Å². The number of urea groups is 1. The van der Waals surface area contributed by atoms with Crippen molar-refractivity contribution in [1.82, 2.24) is 16.2 Å². The predicted octanol–water partition coefficient (Wildman–Crippen LogP) is -0.537. The number of aliphatic imine (C=N–C) groups is 1. The number of halogens is 1. The van der Waals surface area contributed by atoms with Crippen LogP contribution >= 0.6 is 12.4 Å². The summed E-state index contributed by atoms with van der Waals surface area (Å²) in [6.45, 7) is 1.59. The largest absolute Gasteiger partial charge is 0.353 e. The van der Waals surface area contributed by atoms with Gasteiger partial charge in [0, 0.05) is 6.54 Å². The number of allylic oxidation sites excluding steroid dienone is 4. The van der Waals surface area contributed by atoms with E-state index in [1.807, 2.05) is 0 Å². The van der Waals surface area contributed by atoms with E-state index in [1.54, 1.807) is 24.3 Å². The summed E-state index contributed by atoms with van der Waals surface area (Å²) in [6, 6.07) is -0.698. The molecular formula is C10H14ClN7O. The first-order valence-corrected chi connectivity index (χ1v) is 5.35. The summed E-state index contributed by atoms with van der Waals surface area (Å²) in [5.41, 5.74) is 11.2. The van der Waals surface area contributed by atoms with Crippen molar-refractivity contribution in [3.63, 3.8) is 0 Å². The molecule has 5 N–H and O–H groups in total. The van der Waals surface area contributed by atoms with Crippen molar-refractivity contribution >= 4 is 35.8 Å². The minimum Gasteiger partial charge on any atom is -0.353 e. The Labute approximate surface area is 116 Å². The molecule has 8 nitrogen and oxygen atoms in total. The Morgan fingerprint density at radius 3 is 2.42 bits per heavy atom. The number of hydrazone groups is 2. The second kappa shape index (κ2) is 7.17. The van der Waals surface area contributed by atoms with Gasteiger partial charge in [0.05, 0.1) is 18.0 Å². The molecule has 1 aliphatic heterocycles. The molecule has 1 heterocycles. The van der Waals surface area contributed by atoms with E-state index in [-0.39, 0.29) is 12.4 Å². The summed E-state index contributed by atoms with van der Waals surface area (Å²) in [4.78, 5) is 14.6. The van der Waals surface area contributed by atoms with Gasteiger partial charge in [0.2, 0.25) is 5.96 Å². The van der Waals surface area contributed by atoms with Gasteiger partial charge in [0.1, 0.15) is 0 Å². The van der Waals surface area contributed by atoms with Crippen molar-refractivity contribution < 1.29 is 4.79 Å². The van der Waals surface area contributed by atoms with Gasteiger partial charge in [0.25, 0.3) is 0 Å². The summed E-state index contributed by atoms with van der Waals surface area (Å²) >= 11 is 0. The summed E-state index contributed by atoms with van der Waals surface area (Å²) < 4.78 is 0. The van der Waals surface area contributed by atoms with Crippen LogP contribution in [-0.2, 0) is 0 Å². The van der Waals surface area contributed by atoms with Crippen molar-refractivity contribution in [2.24, 2.45) is 20.9 Å². The molecule has 2 amide bonds. The molecule has 1 aliphatic carbocycles. The van der Waals surface area contributed by atoms with Crippen LogP contribution in [0.3, 0.4) is 0 Å². The zero-order valence-electron chi connectivity index (χ0n) is 9.96. The Balaban J connectivity index is 0.00000180. The van der Waals surface area contributed by atoms with E-state index in [4.69, 9.17) is 5.73 Å². The molecule has 102 valence electrons. The van der Waals surface area contributed by atoms with Crippen molar-refractivity contribution in [1.29, 1.82) is 0 Å². The molecule has 2 aliphatic rings. The number of carbonyl (C=O) groups is 1. The Kier molecular flexibility index (Phi) is 5.55. The lowest BCUT2D eigenvalue weighted by atomic mass is 10.1. The van der Waals surface area contributed by atoms with Gasteiger partial charge < -0.3 is 11.1 Å². The van der Waals surface area contributed by atoms with Crippen molar-refractivity contribution in [3.05, 3.63) is 24.3 Å². The number of primary amides is 1. The highest BCUT2D eigenvalue weighted by Gasteiger charge is 2.03. The lowest BCUT2D eigenvalue weighted by molar-refractivity contribution is 0.249. The van der Waals surface area contributed by atoms with E-state index in [0.29, 0.717) is 11.7 Å². The molecule has 0 radical (unpaired) electrons. The summed E-state index contributed by atoms with van der Waals surface area (Å²) in [5.74, 6) is 0.666. The number of amides is 2. The van der Waals surface area contributed by atoms with Crippen molar-refractivity contribution in [3.8, 4) is 0 Å². The number of rotatable bonds is 2. The average Bonchev–Trinajstić information content (AvgIpc) is 2.88. The topological polar surface area (TPSA) is 116 Å². The van der Waals surface area contributed by atoms with Crippen LogP contribution < -0.4 is 21.9 Å². The molecule has 0 aromatic heterocycles. The first kappa shape index (κ1) is 14.7. The number of nitrogens with zero attached hydrogens (tertiary/aromatic N) is 3. The summed E-state index contributed by atoms with van der Waals surface area (Å²) in [7, 11) is 0. The standard InChI is InChI=1S/C10H13N7O.ClH/c11-9(18)16-14-7-1-3-8(4-2-7)15-17-10-12-5-6-13-10;/h1-4H,5-6H2,(H3,11,16,18)(H2,12,13,17);1H. The van der Waals surface area contributed by atoms with E-state index < -0.39 is 6.03 Å². The molecule has 0 atom stereocenters. The average molecular weight is 284 g/mol. The Morgan fingerprint density at radius 2 is 1.89 bits per heavy atom. The van der Waals surface area contributed by atoms with Gasteiger partial charge in [-0.15, -0.1) is 12.4 Å². The van der Waals surface area contributed by atoms with Gasteiger partial charge in [-0.25, -0.2) is 20.6 Å². The lowest BCUT2D eigenvalue weighted by Crippen LogP contribution is -2.30. The number of nitrogens with two attached hydrogens (primary N) is 1.